The Bertz CT molecular complexity index is 702. The van der Waals surface area contributed by atoms with Gasteiger partial charge in [0.15, 0.2) is 0 Å². The van der Waals surface area contributed by atoms with Crippen LogP contribution in [0.15, 0.2) is 42.5 Å². The Morgan fingerprint density at radius 2 is 1.64 bits per heavy atom. The first-order chi connectivity index (χ1) is 10.5. The third-order valence-electron chi connectivity index (χ3n) is 2.81. The van der Waals surface area contributed by atoms with Crippen LogP contribution in [0.4, 0.5) is 25.0 Å². The first kappa shape index (κ1) is 15.4. The number of urea groups is 1. The van der Waals surface area contributed by atoms with Crippen LogP contribution in [0.25, 0.3) is 0 Å². The van der Waals surface area contributed by atoms with Crippen molar-refractivity contribution in [2.75, 3.05) is 17.7 Å². The molecule has 0 aliphatic carbocycles. The van der Waals surface area contributed by atoms with Gasteiger partial charge in [0, 0.05) is 24.4 Å². The fourth-order valence-electron chi connectivity index (χ4n) is 1.72. The summed E-state index contributed by atoms with van der Waals surface area (Å²) in [5, 5.41) is 7.21. The Hall–Kier alpha value is -2.96. The van der Waals surface area contributed by atoms with Crippen molar-refractivity contribution in [1.82, 2.24) is 5.32 Å². The fourth-order valence-corrected chi connectivity index (χ4v) is 1.72. The fraction of sp³-hybridized carbons (Fsp3) is 0.0667. The Morgan fingerprint density at radius 3 is 2.23 bits per heavy atom. The summed E-state index contributed by atoms with van der Waals surface area (Å²) in [6.45, 7) is 0. The van der Waals surface area contributed by atoms with Gasteiger partial charge in [-0.1, -0.05) is 0 Å². The first-order valence-electron chi connectivity index (χ1n) is 6.35. The predicted molar refractivity (Wildman–Crippen MR) is 78.8 cm³/mol. The molecule has 0 aromatic heterocycles. The van der Waals surface area contributed by atoms with E-state index in [0.717, 1.165) is 12.1 Å². The number of hydrogen-bond donors (Lipinski definition) is 3. The van der Waals surface area contributed by atoms with Crippen LogP contribution in [0.5, 0.6) is 0 Å². The molecule has 7 heteroatoms. The van der Waals surface area contributed by atoms with Crippen molar-refractivity contribution in [2.24, 2.45) is 0 Å². The number of halogens is 2. The van der Waals surface area contributed by atoms with Gasteiger partial charge in [0.2, 0.25) is 0 Å². The minimum Gasteiger partial charge on any atom is -0.355 e. The molecule has 2 rings (SSSR count). The van der Waals surface area contributed by atoms with Gasteiger partial charge in [0.05, 0.1) is 5.69 Å². The number of carbonyl (C=O) groups is 2. The zero-order valence-corrected chi connectivity index (χ0v) is 11.6. The lowest BCUT2D eigenvalue weighted by molar-refractivity contribution is 0.0963. The Balaban J connectivity index is 2.01. The van der Waals surface area contributed by atoms with Gasteiger partial charge in [0.1, 0.15) is 11.6 Å². The van der Waals surface area contributed by atoms with E-state index >= 15 is 0 Å². The Morgan fingerprint density at radius 1 is 0.955 bits per heavy atom. The molecule has 0 saturated carbocycles. The maximum Gasteiger partial charge on any atom is 0.323 e. The topological polar surface area (TPSA) is 70.2 Å². The minimum atomic E-state index is -0.870. The molecular formula is C15H13F2N3O2. The number of rotatable bonds is 3. The van der Waals surface area contributed by atoms with E-state index in [0.29, 0.717) is 17.3 Å². The molecule has 3 N–H and O–H groups in total. The van der Waals surface area contributed by atoms with Gasteiger partial charge in [-0.15, -0.1) is 0 Å². The summed E-state index contributed by atoms with van der Waals surface area (Å²) < 4.78 is 26.2. The van der Waals surface area contributed by atoms with E-state index in [-0.39, 0.29) is 11.6 Å². The standard InChI is InChI=1S/C15H13F2N3O2/c1-18-14(21)9-2-5-11(6-3-9)19-15(22)20-13-7-4-10(16)8-12(13)17/h2-8H,1H3,(H,18,21)(H2,19,20,22). The molecule has 3 amide bonds. The Labute approximate surface area is 125 Å². The summed E-state index contributed by atoms with van der Waals surface area (Å²) in [6, 6.07) is 8.29. The van der Waals surface area contributed by atoms with E-state index in [1.807, 2.05) is 0 Å². The number of carbonyl (C=O) groups excluding carboxylic acids is 2. The van der Waals surface area contributed by atoms with Crippen LogP contribution >= 0.6 is 0 Å². The molecule has 2 aromatic carbocycles. The van der Waals surface area contributed by atoms with Gasteiger partial charge < -0.3 is 16.0 Å². The van der Waals surface area contributed by atoms with E-state index in [1.54, 1.807) is 0 Å². The van der Waals surface area contributed by atoms with Crippen molar-refractivity contribution in [3.05, 3.63) is 59.7 Å². The van der Waals surface area contributed by atoms with Crippen molar-refractivity contribution in [3.63, 3.8) is 0 Å². The lowest BCUT2D eigenvalue weighted by Crippen LogP contribution is -2.20. The highest BCUT2D eigenvalue weighted by molar-refractivity contribution is 6.00. The van der Waals surface area contributed by atoms with Crippen LogP contribution in [0.3, 0.4) is 0 Å². The van der Waals surface area contributed by atoms with Crippen LogP contribution in [-0.2, 0) is 0 Å². The summed E-state index contributed by atoms with van der Waals surface area (Å²) in [4.78, 5) is 23.1. The monoisotopic (exact) mass is 305 g/mol. The maximum absolute atomic E-state index is 13.4. The molecule has 114 valence electrons. The van der Waals surface area contributed by atoms with Crippen molar-refractivity contribution in [2.45, 2.75) is 0 Å². The molecule has 0 aliphatic rings. The lowest BCUT2D eigenvalue weighted by atomic mass is 10.2. The third-order valence-corrected chi connectivity index (χ3v) is 2.81. The molecule has 0 unspecified atom stereocenters. The summed E-state index contributed by atoms with van der Waals surface area (Å²) in [7, 11) is 1.51. The van der Waals surface area contributed by atoms with Gasteiger partial charge in [0.25, 0.3) is 5.91 Å². The zero-order valence-electron chi connectivity index (χ0n) is 11.6. The molecule has 0 saturated heterocycles. The molecule has 0 fully saturated rings. The summed E-state index contributed by atoms with van der Waals surface area (Å²) in [5.41, 5.74) is 0.728. The van der Waals surface area contributed by atoms with Crippen LogP contribution in [0.2, 0.25) is 0 Å². The second-order valence-corrected chi connectivity index (χ2v) is 4.36. The summed E-state index contributed by atoms with van der Waals surface area (Å²) in [6.07, 6.45) is 0. The minimum absolute atomic E-state index is 0.138. The van der Waals surface area contributed by atoms with Gasteiger partial charge in [-0.25, -0.2) is 13.6 Å². The van der Waals surface area contributed by atoms with Crippen molar-refractivity contribution in [3.8, 4) is 0 Å². The van der Waals surface area contributed by atoms with Crippen LogP contribution < -0.4 is 16.0 Å². The van der Waals surface area contributed by atoms with Crippen LogP contribution in [0.1, 0.15) is 10.4 Å². The molecule has 0 bridgehead atoms. The molecule has 0 spiro atoms. The van der Waals surface area contributed by atoms with Crippen LogP contribution in [-0.4, -0.2) is 19.0 Å². The number of anilines is 2. The number of nitrogens with one attached hydrogen (secondary N) is 3. The smallest absolute Gasteiger partial charge is 0.323 e. The number of benzene rings is 2. The second-order valence-electron chi connectivity index (χ2n) is 4.36. The highest BCUT2D eigenvalue weighted by atomic mass is 19.1. The second kappa shape index (κ2) is 6.66. The SMILES string of the molecule is CNC(=O)c1ccc(NC(=O)Nc2ccc(F)cc2F)cc1. The maximum atomic E-state index is 13.4. The number of amides is 3. The molecular weight excluding hydrogens is 292 g/mol. The largest absolute Gasteiger partial charge is 0.355 e. The molecule has 0 atom stereocenters. The highest BCUT2D eigenvalue weighted by Crippen LogP contribution is 2.16. The van der Waals surface area contributed by atoms with Gasteiger partial charge >= 0.3 is 6.03 Å². The molecule has 0 radical (unpaired) electrons. The van der Waals surface area contributed by atoms with Crippen molar-refractivity contribution < 1.29 is 18.4 Å². The van der Waals surface area contributed by atoms with E-state index in [9.17, 15) is 18.4 Å². The average Bonchev–Trinajstić information content (AvgIpc) is 2.50. The van der Waals surface area contributed by atoms with Crippen LogP contribution in [0, 0.1) is 11.6 Å². The van der Waals surface area contributed by atoms with Crippen molar-refractivity contribution >= 4 is 23.3 Å². The van der Waals surface area contributed by atoms with Crippen molar-refractivity contribution in [1.29, 1.82) is 0 Å². The first-order valence-corrected chi connectivity index (χ1v) is 6.35. The number of hydrogen-bond acceptors (Lipinski definition) is 2. The third kappa shape index (κ3) is 3.78. The van der Waals surface area contributed by atoms with Gasteiger partial charge in [-0.2, -0.15) is 0 Å². The average molecular weight is 305 g/mol. The predicted octanol–water partition coefficient (Wildman–Crippen LogP) is 2.97. The van der Waals surface area contributed by atoms with E-state index in [4.69, 9.17) is 0 Å². The van der Waals surface area contributed by atoms with Gasteiger partial charge in [-0.05, 0) is 36.4 Å². The van der Waals surface area contributed by atoms with E-state index in [2.05, 4.69) is 16.0 Å². The molecule has 0 heterocycles. The summed E-state index contributed by atoms with van der Waals surface area (Å²) in [5.74, 6) is -1.84. The molecule has 0 aliphatic heterocycles. The highest BCUT2D eigenvalue weighted by Gasteiger charge is 2.08. The zero-order chi connectivity index (χ0) is 16.1. The summed E-state index contributed by atoms with van der Waals surface area (Å²) >= 11 is 0. The molecule has 22 heavy (non-hydrogen) atoms. The lowest BCUT2D eigenvalue weighted by Gasteiger charge is -2.09. The Kier molecular flexibility index (Phi) is 4.67. The quantitative estimate of drug-likeness (QED) is 0.816. The molecule has 2 aromatic rings. The van der Waals surface area contributed by atoms with E-state index < -0.39 is 17.7 Å². The molecule has 5 nitrogen and oxygen atoms in total. The van der Waals surface area contributed by atoms with Gasteiger partial charge in [-0.3, -0.25) is 4.79 Å². The normalized spacial score (nSPS) is 9.95. The van der Waals surface area contributed by atoms with E-state index in [1.165, 1.54) is 31.3 Å².